The molecule has 0 aromatic rings. The molecule has 1 aliphatic carbocycles. The van der Waals surface area contributed by atoms with Crippen LogP contribution in [0.5, 0.6) is 0 Å². The van der Waals surface area contributed by atoms with Crippen LogP contribution in [-0.4, -0.2) is 62.3 Å². The largest absolute Gasteiger partial charge is 0.379 e. The second-order valence-electron chi connectivity index (χ2n) is 6.51. The number of rotatable bonds is 3. The van der Waals surface area contributed by atoms with E-state index in [1.54, 1.807) is 0 Å². The maximum Gasteiger partial charge on any atom is 0.222 e. The summed E-state index contributed by atoms with van der Waals surface area (Å²) in [5.74, 6) is 0.964. The van der Waals surface area contributed by atoms with E-state index in [4.69, 9.17) is 4.74 Å². The smallest absolute Gasteiger partial charge is 0.222 e. The van der Waals surface area contributed by atoms with Crippen molar-refractivity contribution in [1.29, 1.82) is 0 Å². The van der Waals surface area contributed by atoms with Gasteiger partial charge in [-0.05, 0) is 25.2 Å². The van der Waals surface area contributed by atoms with Gasteiger partial charge in [-0.25, -0.2) is 0 Å². The Labute approximate surface area is 133 Å². The molecule has 0 radical (unpaired) electrons. The van der Waals surface area contributed by atoms with E-state index in [0.717, 1.165) is 32.7 Å². The Morgan fingerprint density at radius 1 is 1.33 bits per heavy atom. The zero-order valence-corrected chi connectivity index (χ0v) is 13.7. The molecule has 1 saturated carbocycles. The lowest BCUT2D eigenvalue weighted by Crippen LogP contribution is -2.55. The van der Waals surface area contributed by atoms with Crippen LogP contribution in [0.4, 0.5) is 0 Å². The van der Waals surface area contributed by atoms with Crippen molar-refractivity contribution in [3.63, 3.8) is 0 Å². The summed E-state index contributed by atoms with van der Waals surface area (Å²) in [6, 6.07) is 1.56. The Kier molecular flexibility index (Phi) is 6.29. The molecule has 1 amide bonds. The number of hydrogen-bond acceptors (Lipinski definition) is 4. The zero-order valence-electron chi connectivity index (χ0n) is 12.8. The van der Waals surface area contributed by atoms with Crippen LogP contribution in [0.1, 0.15) is 32.1 Å². The lowest BCUT2D eigenvalue weighted by Gasteiger charge is -2.37. The average molecular weight is 318 g/mol. The van der Waals surface area contributed by atoms with Gasteiger partial charge in [-0.1, -0.05) is 6.42 Å². The van der Waals surface area contributed by atoms with E-state index >= 15 is 0 Å². The first-order chi connectivity index (χ1) is 9.74. The Morgan fingerprint density at radius 2 is 2.19 bits per heavy atom. The number of amides is 1. The highest BCUT2D eigenvalue weighted by molar-refractivity contribution is 5.85. The molecule has 21 heavy (non-hydrogen) atoms. The molecule has 0 aromatic heterocycles. The maximum absolute atomic E-state index is 11.6. The fraction of sp³-hybridized carbons (Fsp3) is 0.933. The number of halogens is 1. The second-order valence-corrected chi connectivity index (χ2v) is 6.51. The molecule has 5 nitrogen and oxygen atoms in total. The summed E-state index contributed by atoms with van der Waals surface area (Å²) >= 11 is 0. The van der Waals surface area contributed by atoms with Gasteiger partial charge in [-0.3, -0.25) is 4.79 Å². The van der Waals surface area contributed by atoms with E-state index in [0.29, 0.717) is 30.5 Å². The molecule has 4 atom stereocenters. The Morgan fingerprint density at radius 3 is 2.90 bits per heavy atom. The third-order valence-electron chi connectivity index (χ3n) is 5.11. The Bertz CT molecular complexity index is 350. The Balaban J connectivity index is 0.00000161. The summed E-state index contributed by atoms with van der Waals surface area (Å²) in [5.41, 5.74) is 0. The van der Waals surface area contributed by atoms with Crippen molar-refractivity contribution in [3.05, 3.63) is 0 Å². The zero-order chi connectivity index (χ0) is 13.9. The number of likely N-dealkylation sites (tertiary alicyclic amines) is 1. The van der Waals surface area contributed by atoms with Gasteiger partial charge in [-0.2, -0.15) is 0 Å². The van der Waals surface area contributed by atoms with E-state index in [9.17, 15) is 4.79 Å². The molecule has 122 valence electrons. The van der Waals surface area contributed by atoms with Gasteiger partial charge in [-0.15, -0.1) is 12.4 Å². The molecule has 4 unspecified atom stereocenters. The molecule has 0 spiro atoms. The van der Waals surface area contributed by atoms with Crippen molar-refractivity contribution >= 4 is 18.3 Å². The van der Waals surface area contributed by atoms with Crippen LogP contribution in [0.15, 0.2) is 0 Å². The maximum atomic E-state index is 11.6. The molecular weight excluding hydrogens is 290 g/mol. The number of nitrogens with one attached hydrogen (secondary N) is 2. The van der Waals surface area contributed by atoms with E-state index in [1.165, 1.54) is 19.3 Å². The topological polar surface area (TPSA) is 53.6 Å². The molecule has 2 aliphatic heterocycles. The van der Waals surface area contributed by atoms with Gasteiger partial charge in [0.1, 0.15) is 0 Å². The molecule has 6 heteroatoms. The number of carbonyl (C=O) groups excluding carboxylic acids is 1. The molecular formula is C15H28ClN3O2. The SMILES string of the molecule is CN1CC(NC2CCCC2C2COCCN2)CCC1=O.Cl. The summed E-state index contributed by atoms with van der Waals surface area (Å²) in [6.07, 6.45) is 5.54. The second kappa shape index (κ2) is 7.77. The highest BCUT2D eigenvalue weighted by atomic mass is 35.5. The van der Waals surface area contributed by atoms with Gasteiger partial charge in [0.05, 0.1) is 13.2 Å². The molecule has 3 aliphatic rings. The molecule has 2 heterocycles. The average Bonchev–Trinajstić information content (AvgIpc) is 2.92. The van der Waals surface area contributed by atoms with Crippen molar-refractivity contribution < 1.29 is 9.53 Å². The minimum Gasteiger partial charge on any atom is -0.379 e. The van der Waals surface area contributed by atoms with Gasteiger partial charge in [0.25, 0.3) is 0 Å². The van der Waals surface area contributed by atoms with E-state index in [-0.39, 0.29) is 18.3 Å². The standard InChI is InChI=1S/C15H27N3O2.ClH/c1-18-9-11(5-6-15(18)19)17-13-4-2-3-12(13)14-10-20-8-7-16-14;/h11-14,16-17H,2-10H2,1H3;1H. The first-order valence-corrected chi connectivity index (χ1v) is 8.05. The van der Waals surface area contributed by atoms with Crippen molar-refractivity contribution in [1.82, 2.24) is 15.5 Å². The van der Waals surface area contributed by atoms with Crippen LogP contribution in [-0.2, 0) is 9.53 Å². The summed E-state index contributed by atoms with van der Waals surface area (Å²) < 4.78 is 5.62. The third-order valence-corrected chi connectivity index (χ3v) is 5.11. The first kappa shape index (κ1) is 17.0. The van der Waals surface area contributed by atoms with Gasteiger partial charge >= 0.3 is 0 Å². The monoisotopic (exact) mass is 317 g/mol. The minimum absolute atomic E-state index is 0. The van der Waals surface area contributed by atoms with Gasteiger partial charge in [0, 0.05) is 44.7 Å². The van der Waals surface area contributed by atoms with Crippen molar-refractivity contribution in [2.45, 2.75) is 50.2 Å². The number of ether oxygens (including phenoxy) is 1. The molecule has 2 N–H and O–H groups in total. The normalized spacial score (nSPS) is 37.4. The van der Waals surface area contributed by atoms with Crippen LogP contribution in [0, 0.1) is 5.92 Å². The lowest BCUT2D eigenvalue weighted by molar-refractivity contribution is -0.132. The summed E-state index contributed by atoms with van der Waals surface area (Å²) in [7, 11) is 1.92. The molecule has 3 fully saturated rings. The van der Waals surface area contributed by atoms with Crippen LogP contribution in [0.25, 0.3) is 0 Å². The fourth-order valence-corrected chi connectivity index (χ4v) is 3.99. The summed E-state index contributed by atoms with van der Waals surface area (Å²) in [4.78, 5) is 13.4. The summed E-state index contributed by atoms with van der Waals surface area (Å²) in [5, 5.41) is 7.44. The van der Waals surface area contributed by atoms with Crippen molar-refractivity contribution in [2.75, 3.05) is 33.4 Å². The summed E-state index contributed by atoms with van der Waals surface area (Å²) in [6.45, 7) is 3.54. The number of hydrogen-bond donors (Lipinski definition) is 2. The number of morpholine rings is 1. The number of piperidine rings is 1. The predicted octanol–water partition coefficient (Wildman–Crippen LogP) is 0.776. The van der Waals surface area contributed by atoms with Crippen LogP contribution in [0.2, 0.25) is 0 Å². The van der Waals surface area contributed by atoms with Gasteiger partial charge in [0.2, 0.25) is 5.91 Å². The van der Waals surface area contributed by atoms with Gasteiger partial charge in [0.15, 0.2) is 0 Å². The van der Waals surface area contributed by atoms with Crippen LogP contribution in [0.3, 0.4) is 0 Å². The fourth-order valence-electron chi connectivity index (χ4n) is 3.99. The number of carbonyl (C=O) groups is 1. The first-order valence-electron chi connectivity index (χ1n) is 8.05. The van der Waals surface area contributed by atoms with Crippen LogP contribution >= 0.6 is 12.4 Å². The highest BCUT2D eigenvalue weighted by Gasteiger charge is 2.36. The minimum atomic E-state index is 0. The Hall–Kier alpha value is -0.360. The quantitative estimate of drug-likeness (QED) is 0.807. The molecule has 3 rings (SSSR count). The lowest BCUT2D eigenvalue weighted by atomic mass is 9.92. The van der Waals surface area contributed by atoms with Gasteiger partial charge < -0.3 is 20.3 Å². The van der Waals surface area contributed by atoms with Crippen LogP contribution < -0.4 is 10.6 Å². The highest BCUT2D eigenvalue weighted by Crippen LogP contribution is 2.30. The molecule has 2 saturated heterocycles. The van der Waals surface area contributed by atoms with E-state index in [2.05, 4.69) is 10.6 Å². The van der Waals surface area contributed by atoms with E-state index < -0.39 is 0 Å². The van der Waals surface area contributed by atoms with Crippen molar-refractivity contribution in [3.8, 4) is 0 Å². The predicted molar refractivity (Wildman–Crippen MR) is 84.8 cm³/mol. The molecule has 0 bridgehead atoms. The number of nitrogens with zero attached hydrogens (tertiary/aromatic N) is 1. The van der Waals surface area contributed by atoms with Crippen molar-refractivity contribution in [2.24, 2.45) is 5.92 Å². The number of likely N-dealkylation sites (N-methyl/N-ethyl adjacent to an activating group) is 1. The molecule has 0 aromatic carbocycles. The van der Waals surface area contributed by atoms with E-state index in [1.807, 2.05) is 11.9 Å². The third kappa shape index (κ3) is 4.09.